The van der Waals surface area contributed by atoms with E-state index in [2.05, 4.69) is 38.8 Å². The predicted octanol–water partition coefficient (Wildman–Crippen LogP) is 9.30. The van der Waals surface area contributed by atoms with Crippen molar-refractivity contribution in [2.45, 2.75) is 105 Å². The maximum Gasteiger partial charge on any atom is 0.243 e. The zero-order chi connectivity index (χ0) is 25.0. The molecule has 1 aliphatic heterocycles. The van der Waals surface area contributed by atoms with Gasteiger partial charge in [-0.3, -0.25) is 0 Å². The van der Waals surface area contributed by atoms with Gasteiger partial charge >= 0.3 is 0 Å². The molecule has 4 rings (SSSR count). The molecule has 2 atom stereocenters. The number of hydrogen-bond donors (Lipinski definition) is 0. The zero-order valence-corrected chi connectivity index (χ0v) is 23.8. The van der Waals surface area contributed by atoms with Crippen LogP contribution in [-0.2, 0) is 9.47 Å². The highest BCUT2D eigenvalue weighted by Gasteiger charge is 2.45. The molecule has 0 bridgehead atoms. The van der Waals surface area contributed by atoms with Crippen molar-refractivity contribution < 1.29 is 22.6 Å². The third kappa shape index (κ3) is 7.06. The average molecular weight is 624 g/mol. The zero-order valence-electron chi connectivity index (χ0n) is 20.7. The highest BCUT2D eigenvalue weighted by Crippen LogP contribution is 2.52. The first-order chi connectivity index (χ1) is 16.8. The molecular weight excluding hydrogens is 585 g/mol. The predicted molar refractivity (Wildman–Crippen MR) is 141 cm³/mol. The van der Waals surface area contributed by atoms with Gasteiger partial charge < -0.3 is 9.47 Å². The Hall–Kier alpha value is -0.110. The SMILES string of the molecule is CCCCCC1COC(C2CCC(c3ccc(C4CCC(Br)(Br)C(C(F)F)C4)c(F)c3)CC2)OC1. The van der Waals surface area contributed by atoms with Gasteiger partial charge in [0.2, 0.25) is 6.43 Å². The molecule has 0 amide bonds. The molecule has 2 saturated carbocycles. The van der Waals surface area contributed by atoms with Crippen LogP contribution in [-0.4, -0.2) is 29.2 Å². The van der Waals surface area contributed by atoms with Gasteiger partial charge in [-0.2, -0.15) is 0 Å². The first-order valence-corrected chi connectivity index (χ1v) is 15.1. The van der Waals surface area contributed by atoms with Crippen molar-refractivity contribution in [1.29, 1.82) is 0 Å². The third-order valence-corrected chi connectivity index (χ3v) is 10.5. The Balaban J connectivity index is 1.28. The number of unbranched alkanes of at least 4 members (excludes halogenated alkanes) is 2. The molecular formula is C28H39Br2F3O2. The van der Waals surface area contributed by atoms with E-state index in [1.165, 1.54) is 25.7 Å². The van der Waals surface area contributed by atoms with Gasteiger partial charge in [-0.25, -0.2) is 13.2 Å². The smallest absolute Gasteiger partial charge is 0.243 e. The van der Waals surface area contributed by atoms with Crippen LogP contribution in [0.5, 0.6) is 0 Å². The van der Waals surface area contributed by atoms with Crippen molar-refractivity contribution in [2.24, 2.45) is 17.8 Å². The first kappa shape index (κ1) is 27.9. The number of alkyl halides is 4. The maximum atomic E-state index is 15.2. The van der Waals surface area contributed by atoms with Crippen molar-refractivity contribution in [1.82, 2.24) is 0 Å². The van der Waals surface area contributed by atoms with E-state index < -0.39 is 15.6 Å². The molecule has 1 heterocycles. The van der Waals surface area contributed by atoms with Crippen LogP contribution in [0.25, 0.3) is 0 Å². The molecule has 7 heteroatoms. The molecule has 2 unspecified atom stereocenters. The Bertz CT molecular complexity index is 805. The fourth-order valence-corrected chi connectivity index (χ4v) is 7.48. The average Bonchev–Trinajstić information content (AvgIpc) is 2.85. The van der Waals surface area contributed by atoms with Gasteiger partial charge in [0, 0.05) is 17.8 Å². The van der Waals surface area contributed by atoms with E-state index in [4.69, 9.17) is 9.47 Å². The number of rotatable bonds is 8. The quantitative estimate of drug-likeness (QED) is 0.212. The number of ether oxygens (including phenoxy) is 2. The van der Waals surface area contributed by atoms with Gasteiger partial charge in [0.1, 0.15) is 5.82 Å². The molecule has 0 N–H and O–H groups in total. The standard InChI is InChI=1S/C28H39Br2F3O2/c1-2-3-4-5-18-16-34-27(35-17-18)20-8-6-19(7-9-20)21-10-11-23(25(31)15-21)22-12-13-28(29,30)24(14-22)26(32)33/h10-11,15,18-20,22,24,26-27H,2-9,12-14,16-17H2,1H3. The van der Waals surface area contributed by atoms with E-state index >= 15 is 4.39 Å². The van der Waals surface area contributed by atoms with E-state index in [1.54, 1.807) is 6.07 Å². The Morgan fingerprint density at radius 1 is 1.00 bits per heavy atom. The molecule has 0 aromatic heterocycles. The summed E-state index contributed by atoms with van der Waals surface area (Å²) in [5.74, 6) is 0.00997. The summed E-state index contributed by atoms with van der Waals surface area (Å²) in [6.45, 7) is 3.84. The number of benzene rings is 1. The third-order valence-electron chi connectivity index (χ3n) is 8.51. The summed E-state index contributed by atoms with van der Waals surface area (Å²) in [6, 6.07) is 5.54. The van der Waals surface area contributed by atoms with Crippen molar-refractivity contribution in [3.05, 3.63) is 35.1 Å². The van der Waals surface area contributed by atoms with E-state index in [1.807, 2.05) is 12.1 Å². The van der Waals surface area contributed by atoms with Gasteiger partial charge in [0.05, 0.1) is 16.4 Å². The largest absolute Gasteiger partial charge is 0.352 e. The second-order valence-electron chi connectivity index (χ2n) is 11.0. The lowest BCUT2D eigenvalue weighted by atomic mass is 9.76. The summed E-state index contributed by atoms with van der Waals surface area (Å²) in [5, 5.41) is 0. The lowest BCUT2D eigenvalue weighted by Crippen LogP contribution is -2.38. The fourth-order valence-electron chi connectivity index (χ4n) is 6.25. The molecule has 1 aromatic rings. The van der Waals surface area contributed by atoms with Crippen LogP contribution in [0.2, 0.25) is 0 Å². The molecule has 2 nitrogen and oxygen atoms in total. The molecule has 35 heavy (non-hydrogen) atoms. The topological polar surface area (TPSA) is 18.5 Å². The van der Waals surface area contributed by atoms with Crippen LogP contribution in [0, 0.1) is 23.6 Å². The molecule has 1 saturated heterocycles. The van der Waals surface area contributed by atoms with Crippen molar-refractivity contribution in [3.63, 3.8) is 0 Å². The molecule has 3 fully saturated rings. The lowest BCUT2D eigenvalue weighted by Gasteiger charge is -2.39. The molecule has 1 aromatic carbocycles. The summed E-state index contributed by atoms with van der Waals surface area (Å²) in [6.07, 6.45) is 7.96. The summed E-state index contributed by atoms with van der Waals surface area (Å²) >= 11 is 6.83. The molecule has 2 aliphatic carbocycles. The van der Waals surface area contributed by atoms with Gasteiger partial charge in [-0.1, -0.05) is 70.2 Å². The van der Waals surface area contributed by atoms with Crippen molar-refractivity contribution in [3.8, 4) is 0 Å². The Kier molecular flexibility index (Phi) is 10.1. The van der Waals surface area contributed by atoms with Crippen LogP contribution in [0.1, 0.15) is 101 Å². The van der Waals surface area contributed by atoms with E-state index in [-0.39, 0.29) is 24.4 Å². The van der Waals surface area contributed by atoms with Crippen molar-refractivity contribution >= 4 is 31.9 Å². The number of hydrogen-bond acceptors (Lipinski definition) is 2. The minimum Gasteiger partial charge on any atom is -0.352 e. The first-order valence-electron chi connectivity index (χ1n) is 13.5. The molecule has 198 valence electrons. The van der Waals surface area contributed by atoms with Gasteiger partial charge in [0.15, 0.2) is 6.29 Å². The second-order valence-corrected chi connectivity index (χ2v) is 14.9. The van der Waals surface area contributed by atoms with Crippen LogP contribution in [0.15, 0.2) is 18.2 Å². The lowest BCUT2D eigenvalue weighted by molar-refractivity contribution is -0.229. The Morgan fingerprint density at radius 2 is 1.71 bits per heavy atom. The Morgan fingerprint density at radius 3 is 2.34 bits per heavy atom. The van der Waals surface area contributed by atoms with Crippen LogP contribution in [0.4, 0.5) is 13.2 Å². The van der Waals surface area contributed by atoms with Crippen LogP contribution >= 0.6 is 31.9 Å². The van der Waals surface area contributed by atoms with Crippen LogP contribution < -0.4 is 0 Å². The minimum atomic E-state index is -2.45. The van der Waals surface area contributed by atoms with E-state index in [0.29, 0.717) is 36.2 Å². The van der Waals surface area contributed by atoms with Crippen LogP contribution in [0.3, 0.4) is 0 Å². The molecule has 0 spiro atoms. The highest BCUT2D eigenvalue weighted by atomic mass is 79.9. The fraction of sp³-hybridized carbons (Fsp3) is 0.786. The summed E-state index contributed by atoms with van der Waals surface area (Å²) in [5.41, 5.74) is 1.61. The van der Waals surface area contributed by atoms with Crippen molar-refractivity contribution in [2.75, 3.05) is 13.2 Å². The van der Waals surface area contributed by atoms with Gasteiger partial charge in [-0.15, -0.1) is 0 Å². The molecule has 3 aliphatic rings. The minimum absolute atomic E-state index is 0.0949. The van der Waals surface area contributed by atoms with Gasteiger partial charge in [0.25, 0.3) is 0 Å². The Labute approximate surface area is 225 Å². The summed E-state index contributed by atoms with van der Waals surface area (Å²) in [4.78, 5) is 0. The second kappa shape index (κ2) is 12.6. The monoisotopic (exact) mass is 622 g/mol. The normalized spacial score (nSPS) is 33.7. The molecule has 0 radical (unpaired) electrons. The van der Waals surface area contributed by atoms with E-state index in [0.717, 1.165) is 44.5 Å². The van der Waals surface area contributed by atoms with Gasteiger partial charge in [-0.05, 0) is 80.4 Å². The number of halogens is 5. The summed E-state index contributed by atoms with van der Waals surface area (Å²) in [7, 11) is 0. The maximum absolute atomic E-state index is 15.2. The summed E-state index contributed by atoms with van der Waals surface area (Å²) < 4.78 is 53.8. The highest BCUT2D eigenvalue weighted by molar-refractivity contribution is 9.25. The van der Waals surface area contributed by atoms with E-state index in [9.17, 15) is 8.78 Å².